The molecule has 1 heterocycles. The van der Waals surface area contributed by atoms with Crippen LogP contribution in [0, 0.1) is 11.8 Å². The number of aromatic nitrogens is 2. The number of nitrogens with zero attached hydrogens (tertiary/aromatic N) is 2. The van der Waals surface area contributed by atoms with Crippen LogP contribution in [-0.2, 0) is 6.54 Å². The molecule has 0 aliphatic heterocycles. The van der Waals surface area contributed by atoms with Crippen molar-refractivity contribution in [1.29, 1.82) is 0 Å². The second-order valence-electron chi connectivity index (χ2n) is 4.69. The van der Waals surface area contributed by atoms with Gasteiger partial charge >= 0.3 is 0 Å². The smallest absolute Gasteiger partial charge is 0.137 e. The molecular weight excluding hydrogens is 188 g/mol. The number of aryl methyl sites for hydroxylation is 1. The van der Waals surface area contributed by atoms with Gasteiger partial charge in [-0.25, -0.2) is 4.98 Å². The summed E-state index contributed by atoms with van der Waals surface area (Å²) in [5.74, 6) is 2.01. The van der Waals surface area contributed by atoms with Crippen LogP contribution >= 0.6 is 0 Å². The van der Waals surface area contributed by atoms with Crippen LogP contribution in [0.3, 0.4) is 0 Å². The average molecular weight is 208 g/mol. The SMILES string of the molecule is CCn1ccnc1C(O)C1CCC(C)C1. The number of aliphatic hydroxyl groups excluding tert-OH is 1. The van der Waals surface area contributed by atoms with E-state index in [1.54, 1.807) is 6.20 Å². The summed E-state index contributed by atoms with van der Waals surface area (Å²) in [4.78, 5) is 4.27. The van der Waals surface area contributed by atoms with Gasteiger partial charge in [-0.1, -0.05) is 13.3 Å². The van der Waals surface area contributed by atoms with E-state index in [0.29, 0.717) is 5.92 Å². The van der Waals surface area contributed by atoms with Gasteiger partial charge in [-0.05, 0) is 31.6 Å². The standard InChI is InChI=1S/C12H20N2O/c1-3-14-7-6-13-12(14)11(15)10-5-4-9(2)8-10/h6-7,9-11,15H,3-5,8H2,1-2H3. The normalized spacial score (nSPS) is 28.2. The second kappa shape index (κ2) is 4.35. The Labute approximate surface area is 91.1 Å². The maximum Gasteiger partial charge on any atom is 0.137 e. The molecule has 84 valence electrons. The van der Waals surface area contributed by atoms with E-state index in [1.165, 1.54) is 6.42 Å². The van der Waals surface area contributed by atoms with Crippen molar-refractivity contribution in [2.24, 2.45) is 11.8 Å². The van der Waals surface area contributed by atoms with E-state index in [1.807, 2.05) is 10.8 Å². The molecule has 0 aromatic carbocycles. The predicted molar refractivity (Wildman–Crippen MR) is 59.4 cm³/mol. The first-order valence-electron chi connectivity index (χ1n) is 5.91. The summed E-state index contributed by atoms with van der Waals surface area (Å²) in [7, 11) is 0. The monoisotopic (exact) mass is 208 g/mol. The third-order valence-electron chi connectivity index (χ3n) is 3.53. The summed E-state index contributed by atoms with van der Waals surface area (Å²) in [6, 6.07) is 0. The van der Waals surface area contributed by atoms with Crippen molar-refractivity contribution >= 4 is 0 Å². The Morgan fingerprint density at radius 3 is 3.00 bits per heavy atom. The summed E-state index contributed by atoms with van der Waals surface area (Å²) >= 11 is 0. The Bertz CT molecular complexity index is 321. The van der Waals surface area contributed by atoms with Crippen molar-refractivity contribution < 1.29 is 5.11 Å². The van der Waals surface area contributed by atoms with Gasteiger partial charge in [0.05, 0.1) is 0 Å². The second-order valence-corrected chi connectivity index (χ2v) is 4.69. The Morgan fingerprint density at radius 1 is 1.60 bits per heavy atom. The van der Waals surface area contributed by atoms with Crippen molar-refractivity contribution in [2.45, 2.75) is 45.8 Å². The van der Waals surface area contributed by atoms with Crippen LogP contribution < -0.4 is 0 Å². The zero-order valence-electron chi connectivity index (χ0n) is 9.56. The molecular formula is C12H20N2O. The summed E-state index contributed by atoms with van der Waals surface area (Å²) in [6.07, 6.45) is 6.87. The number of rotatable bonds is 3. The van der Waals surface area contributed by atoms with Gasteiger partial charge in [0.2, 0.25) is 0 Å². The third kappa shape index (κ3) is 2.07. The zero-order chi connectivity index (χ0) is 10.8. The van der Waals surface area contributed by atoms with Gasteiger partial charge in [0.15, 0.2) is 0 Å². The molecule has 3 atom stereocenters. The molecule has 0 bridgehead atoms. The Hall–Kier alpha value is -0.830. The van der Waals surface area contributed by atoms with Crippen molar-refractivity contribution in [1.82, 2.24) is 9.55 Å². The van der Waals surface area contributed by atoms with Gasteiger partial charge in [-0.3, -0.25) is 0 Å². The lowest BCUT2D eigenvalue weighted by Gasteiger charge is -2.18. The highest BCUT2D eigenvalue weighted by molar-refractivity contribution is 4.99. The number of hydrogen-bond donors (Lipinski definition) is 1. The Kier molecular flexibility index (Phi) is 3.10. The maximum atomic E-state index is 10.3. The van der Waals surface area contributed by atoms with Crippen molar-refractivity contribution in [2.75, 3.05) is 0 Å². The molecule has 3 unspecified atom stereocenters. The molecule has 0 radical (unpaired) electrons. The molecule has 0 saturated heterocycles. The minimum absolute atomic E-state index is 0.370. The molecule has 3 nitrogen and oxygen atoms in total. The highest BCUT2D eigenvalue weighted by Gasteiger charge is 2.30. The largest absolute Gasteiger partial charge is 0.385 e. The molecule has 1 fully saturated rings. The molecule has 15 heavy (non-hydrogen) atoms. The molecule has 1 saturated carbocycles. The van der Waals surface area contributed by atoms with E-state index in [4.69, 9.17) is 0 Å². The molecule has 1 aliphatic rings. The number of imidazole rings is 1. The first-order valence-corrected chi connectivity index (χ1v) is 5.91. The maximum absolute atomic E-state index is 10.3. The molecule has 0 spiro atoms. The first kappa shape index (κ1) is 10.7. The van der Waals surface area contributed by atoms with Crippen molar-refractivity contribution in [3.05, 3.63) is 18.2 Å². The van der Waals surface area contributed by atoms with Crippen LogP contribution in [0.15, 0.2) is 12.4 Å². The van der Waals surface area contributed by atoms with Crippen molar-refractivity contribution in [3.8, 4) is 0 Å². The highest BCUT2D eigenvalue weighted by Crippen LogP contribution is 2.38. The van der Waals surface area contributed by atoms with Crippen LogP contribution in [0.2, 0.25) is 0 Å². The Balaban J connectivity index is 2.10. The zero-order valence-corrected chi connectivity index (χ0v) is 9.56. The number of hydrogen-bond acceptors (Lipinski definition) is 2. The third-order valence-corrected chi connectivity index (χ3v) is 3.53. The molecule has 1 aliphatic carbocycles. The molecule has 1 N–H and O–H groups in total. The van der Waals surface area contributed by atoms with Gasteiger partial charge in [-0.2, -0.15) is 0 Å². The van der Waals surface area contributed by atoms with Gasteiger partial charge in [0, 0.05) is 18.9 Å². The molecule has 1 aromatic heterocycles. The van der Waals surface area contributed by atoms with Gasteiger partial charge < -0.3 is 9.67 Å². The lowest BCUT2D eigenvalue weighted by atomic mass is 9.99. The minimum Gasteiger partial charge on any atom is -0.385 e. The predicted octanol–water partition coefficient (Wildman–Crippen LogP) is 2.37. The quantitative estimate of drug-likeness (QED) is 0.828. The van der Waals surface area contributed by atoms with Crippen LogP contribution in [0.25, 0.3) is 0 Å². The molecule has 1 aromatic rings. The van der Waals surface area contributed by atoms with Gasteiger partial charge in [0.25, 0.3) is 0 Å². The minimum atomic E-state index is -0.370. The highest BCUT2D eigenvalue weighted by atomic mass is 16.3. The lowest BCUT2D eigenvalue weighted by molar-refractivity contribution is 0.0972. The Morgan fingerprint density at radius 2 is 2.40 bits per heavy atom. The van der Waals surface area contributed by atoms with E-state index >= 15 is 0 Å². The van der Waals surface area contributed by atoms with E-state index < -0.39 is 0 Å². The molecule has 3 heteroatoms. The fraction of sp³-hybridized carbons (Fsp3) is 0.750. The number of aliphatic hydroxyl groups is 1. The molecule has 0 amide bonds. The summed E-state index contributed by atoms with van der Waals surface area (Å²) < 4.78 is 2.04. The fourth-order valence-electron chi connectivity index (χ4n) is 2.60. The van der Waals surface area contributed by atoms with Crippen LogP contribution in [-0.4, -0.2) is 14.7 Å². The average Bonchev–Trinajstić information content (AvgIpc) is 2.84. The van der Waals surface area contributed by atoms with Gasteiger partial charge in [0.1, 0.15) is 11.9 Å². The van der Waals surface area contributed by atoms with Crippen LogP contribution in [0.1, 0.15) is 45.0 Å². The lowest BCUT2D eigenvalue weighted by Crippen LogP contribution is -2.15. The van der Waals surface area contributed by atoms with E-state index in [9.17, 15) is 5.11 Å². The summed E-state index contributed by atoms with van der Waals surface area (Å²) in [5.41, 5.74) is 0. The van der Waals surface area contributed by atoms with E-state index in [2.05, 4.69) is 18.8 Å². The fourth-order valence-corrected chi connectivity index (χ4v) is 2.60. The first-order chi connectivity index (χ1) is 7.22. The van der Waals surface area contributed by atoms with Crippen LogP contribution in [0.5, 0.6) is 0 Å². The summed E-state index contributed by atoms with van der Waals surface area (Å²) in [5, 5.41) is 10.3. The van der Waals surface area contributed by atoms with Crippen LogP contribution in [0.4, 0.5) is 0 Å². The molecule has 2 rings (SSSR count). The summed E-state index contributed by atoms with van der Waals surface area (Å²) in [6.45, 7) is 5.23. The van der Waals surface area contributed by atoms with E-state index in [0.717, 1.165) is 31.1 Å². The van der Waals surface area contributed by atoms with Gasteiger partial charge in [-0.15, -0.1) is 0 Å². The van der Waals surface area contributed by atoms with Crippen molar-refractivity contribution in [3.63, 3.8) is 0 Å². The topological polar surface area (TPSA) is 38.0 Å². The van der Waals surface area contributed by atoms with E-state index in [-0.39, 0.29) is 6.10 Å².